The second-order valence-electron chi connectivity index (χ2n) is 6.96. The van der Waals surface area contributed by atoms with Crippen LogP contribution in [0.4, 0.5) is 24.5 Å². The Balaban J connectivity index is 1.45. The van der Waals surface area contributed by atoms with Gasteiger partial charge in [0.25, 0.3) is 11.8 Å². The number of aromatic amines is 1. The zero-order chi connectivity index (χ0) is 23.7. The summed E-state index contributed by atoms with van der Waals surface area (Å²) in [6.07, 6.45) is -3.61. The van der Waals surface area contributed by atoms with Crippen molar-refractivity contribution in [2.45, 2.75) is 12.2 Å². The van der Waals surface area contributed by atoms with Crippen LogP contribution in [0.3, 0.4) is 0 Å². The van der Waals surface area contributed by atoms with E-state index in [1.165, 1.54) is 24.3 Å². The van der Waals surface area contributed by atoms with Gasteiger partial charge in [0, 0.05) is 35.6 Å². The summed E-state index contributed by atoms with van der Waals surface area (Å²) in [5, 5.41) is 16.3. The van der Waals surface area contributed by atoms with Crippen LogP contribution in [-0.4, -0.2) is 52.4 Å². The fourth-order valence-electron chi connectivity index (χ4n) is 3.21. The van der Waals surface area contributed by atoms with E-state index in [0.717, 1.165) is 4.90 Å². The molecule has 2 atom stereocenters. The second-order valence-corrected chi connectivity index (χ2v) is 6.96. The van der Waals surface area contributed by atoms with Crippen LogP contribution in [0.15, 0.2) is 45.7 Å². The molecule has 0 unspecified atom stereocenters. The van der Waals surface area contributed by atoms with E-state index in [0.29, 0.717) is 17.7 Å². The van der Waals surface area contributed by atoms with Gasteiger partial charge in [0.15, 0.2) is 35.5 Å². The summed E-state index contributed by atoms with van der Waals surface area (Å²) in [4.78, 5) is 39.4. The van der Waals surface area contributed by atoms with Crippen LogP contribution >= 0.6 is 0 Å². The second kappa shape index (κ2) is 8.88. The van der Waals surface area contributed by atoms with Gasteiger partial charge in [0.2, 0.25) is 0 Å². The number of carbonyl (C=O) groups is 2. The van der Waals surface area contributed by atoms with Gasteiger partial charge in [-0.1, -0.05) is 5.16 Å². The standard InChI is InChI=1S/C20H15F3N4O6/c21-12-7-11(8-13(22)14(12)23)27-5-6-32-16(19(27)30)15(28)18(29)24-10-3-1-9(2-4-10)17-25-20(31)33-26-17/h1-4,7-8,15-16,28H,5-6H2,(H,24,29)(H,25,26,31)/t15-,16-/m1/s1. The number of aliphatic hydroxyl groups is 1. The number of nitrogens with one attached hydrogen (secondary N) is 2. The minimum atomic E-state index is -1.96. The smallest absolute Gasteiger partial charge is 0.380 e. The van der Waals surface area contributed by atoms with Crippen LogP contribution in [0.2, 0.25) is 0 Å². The van der Waals surface area contributed by atoms with E-state index in [1.54, 1.807) is 0 Å². The van der Waals surface area contributed by atoms with Crippen molar-refractivity contribution in [3.05, 3.63) is 64.4 Å². The largest absolute Gasteiger partial charge is 0.439 e. The average molecular weight is 464 g/mol. The topological polar surface area (TPSA) is 138 Å². The third-order valence-corrected chi connectivity index (χ3v) is 4.82. The number of rotatable bonds is 5. The lowest BCUT2D eigenvalue weighted by molar-refractivity contribution is -0.150. The molecule has 3 aromatic rings. The van der Waals surface area contributed by atoms with Gasteiger partial charge in [-0.15, -0.1) is 0 Å². The normalized spacial score (nSPS) is 17.2. The molecule has 2 amide bonds. The minimum absolute atomic E-state index is 0.125. The maximum absolute atomic E-state index is 13.6. The lowest BCUT2D eigenvalue weighted by Gasteiger charge is -2.34. The summed E-state index contributed by atoms with van der Waals surface area (Å²) in [5.74, 6) is -7.13. The number of aromatic nitrogens is 2. The molecule has 4 rings (SSSR count). The van der Waals surface area contributed by atoms with E-state index in [2.05, 4.69) is 20.0 Å². The molecule has 1 aliphatic heterocycles. The maximum atomic E-state index is 13.6. The van der Waals surface area contributed by atoms with E-state index < -0.39 is 47.2 Å². The van der Waals surface area contributed by atoms with Crippen molar-refractivity contribution in [3.8, 4) is 11.4 Å². The fourth-order valence-corrected chi connectivity index (χ4v) is 3.21. The molecular formula is C20H15F3N4O6. The van der Waals surface area contributed by atoms with Crippen LogP contribution in [-0.2, 0) is 14.3 Å². The molecule has 1 saturated heterocycles. The summed E-state index contributed by atoms with van der Waals surface area (Å²) >= 11 is 0. The van der Waals surface area contributed by atoms with Crippen molar-refractivity contribution in [2.24, 2.45) is 0 Å². The summed E-state index contributed by atoms with van der Waals surface area (Å²) in [6.45, 7) is -0.272. The Labute approximate surface area is 182 Å². The molecule has 1 aromatic heterocycles. The van der Waals surface area contributed by atoms with Crippen LogP contribution in [0, 0.1) is 17.5 Å². The van der Waals surface area contributed by atoms with Crippen LogP contribution in [0.25, 0.3) is 11.4 Å². The van der Waals surface area contributed by atoms with E-state index in [-0.39, 0.29) is 30.4 Å². The number of ether oxygens (including phenoxy) is 1. The molecule has 1 fully saturated rings. The van der Waals surface area contributed by atoms with Crippen LogP contribution in [0.1, 0.15) is 0 Å². The van der Waals surface area contributed by atoms with Crippen LogP contribution in [0.5, 0.6) is 0 Å². The van der Waals surface area contributed by atoms with E-state index in [1.807, 2.05) is 0 Å². The van der Waals surface area contributed by atoms with Crippen molar-refractivity contribution in [1.82, 2.24) is 10.1 Å². The molecule has 3 N–H and O–H groups in total. The van der Waals surface area contributed by atoms with Crippen LogP contribution < -0.4 is 16.0 Å². The van der Waals surface area contributed by atoms with Gasteiger partial charge in [0.05, 0.1) is 6.61 Å². The fraction of sp³-hybridized carbons (Fsp3) is 0.200. The Hall–Kier alpha value is -3.97. The molecule has 13 heteroatoms. The molecule has 2 heterocycles. The number of carbonyl (C=O) groups excluding carboxylic acids is 2. The van der Waals surface area contributed by atoms with Gasteiger partial charge in [-0.25, -0.2) is 18.0 Å². The van der Waals surface area contributed by atoms with Crippen molar-refractivity contribution in [3.63, 3.8) is 0 Å². The summed E-state index contributed by atoms with van der Waals surface area (Å²) in [5.41, 5.74) is 0.454. The molecule has 0 bridgehead atoms. The number of benzene rings is 2. The molecule has 33 heavy (non-hydrogen) atoms. The first kappa shape index (κ1) is 22.2. The molecule has 2 aromatic carbocycles. The molecule has 172 valence electrons. The third-order valence-electron chi connectivity index (χ3n) is 4.82. The highest BCUT2D eigenvalue weighted by Gasteiger charge is 2.39. The number of amides is 2. The monoisotopic (exact) mass is 464 g/mol. The van der Waals surface area contributed by atoms with E-state index >= 15 is 0 Å². The lowest BCUT2D eigenvalue weighted by Crippen LogP contribution is -2.55. The van der Waals surface area contributed by atoms with Crippen molar-refractivity contribution in [2.75, 3.05) is 23.4 Å². The molecule has 1 aliphatic rings. The maximum Gasteiger partial charge on any atom is 0.439 e. The van der Waals surface area contributed by atoms with Crippen molar-refractivity contribution in [1.29, 1.82) is 0 Å². The number of hydrogen-bond acceptors (Lipinski definition) is 7. The predicted molar refractivity (Wildman–Crippen MR) is 106 cm³/mol. The van der Waals surface area contributed by atoms with Gasteiger partial charge < -0.3 is 20.1 Å². The predicted octanol–water partition coefficient (Wildman–Crippen LogP) is 1.18. The SMILES string of the molecule is O=C(Nc1ccc(-c2noc(=O)[nH]2)cc1)[C@H](O)[C@H]1OCCN(c2cc(F)c(F)c(F)c2)C1=O. The Morgan fingerprint density at radius 3 is 2.45 bits per heavy atom. The first-order valence-electron chi connectivity index (χ1n) is 9.47. The number of aliphatic hydroxyl groups excluding tert-OH is 1. The summed E-state index contributed by atoms with van der Waals surface area (Å²) < 4.78 is 50.0. The molecular weight excluding hydrogens is 449 g/mol. The van der Waals surface area contributed by atoms with Gasteiger partial charge >= 0.3 is 5.76 Å². The van der Waals surface area contributed by atoms with Gasteiger partial charge in [-0.05, 0) is 24.3 Å². The van der Waals surface area contributed by atoms with Gasteiger partial charge in [-0.3, -0.25) is 19.1 Å². The van der Waals surface area contributed by atoms with Gasteiger partial charge in [-0.2, -0.15) is 0 Å². The number of H-pyrrole nitrogens is 1. The Morgan fingerprint density at radius 1 is 1.18 bits per heavy atom. The molecule has 0 spiro atoms. The number of halogens is 3. The number of anilines is 2. The van der Waals surface area contributed by atoms with E-state index in [4.69, 9.17) is 4.74 Å². The highest BCUT2D eigenvalue weighted by atomic mass is 19.2. The number of nitrogens with zero attached hydrogens (tertiary/aromatic N) is 2. The third kappa shape index (κ3) is 4.49. The summed E-state index contributed by atoms with van der Waals surface area (Å²) in [7, 11) is 0. The Bertz CT molecular complexity index is 1240. The molecule has 0 saturated carbocycles. The molecule has 0 aliphatic carbocycles. The summed E-state index contributed by atoms with van der Waals surface area (Å²) in [6, 6.07) is 7.19. The van der Waals surface area contributed by atoms with E-state index in [9.17, 15) is 32.7 Å². The molecule has 0 radical (unpaired) electrons. The quantitative estimate of drug-likeness (QED) is 0.482. The molecule has 10 nitrogen and oxygen atoms in total. The highest BCUT2D eigenvalue weighted by molar-refractivity contribution is 6.03. The average Bonchev–Trinajstić information content (AvgIpc) is 3.23. The van der Waals surface area contributed by atoms with Crippen molar-refractivity contribution < 1.29 is 37.1 Å². The van der Waals surface area contributed by atoms with Crippen molar-refractivity contribution >= 4 is 23.2 Å². The zero-order valence-corrected chi connectivity index (χ0v) is 16.5. The Morgan fingerprint density at radius 2 is 1.85 bits per heavy atom. The highest BCUT2D eigenvalue weighted by Crippen LogP contribution is 2.25. The first-order valence-corrected chi connectivity index (χ1v) is 9.47. The number of hydrogen-bond donors (Lipinski definition) is 3. The Kier molecular flexibility index (Phi) is 5.98. The minimum Gasteiger partial charge on any atom is -0.380 e. The zero-order valence-electron chi connectivity index (χ0n) is 16.5. The van der Waals surface area contributed by atoms with Gasteiger partial charge in [0.1, 0.15) is 0 Å². The lowest BCUT2D eigenvalue weighted by atomic mass is 10.1. The first-order chi connectivity index (χ1) is 15.7. The number of morpholine rings is 1.